The van der Waals surface area contributed by atoms with Gasteiger partial charge < -0.3 is 10.5 Å². The molecule has 2 rings (SSSR count). The van der Waals surface area contributed by atoms with Crippen molar-refractivity contribution in [2.45, 2.75) is 30.6 Å². The van der Waals surface area contributed by atoms with E-state index >= 15 is 0 Å². The van der Waals surface area contributed by atoms with Crippen molar-refractivity contribution in [1.82, 2.24) is 0 Å². The molecule has 0 spiro atoms. The fraction of sp³-hybridized carbons (Fsp3) is 0.294. The minimum Gasteiger partial charge on any atom is -0.492 e. The lowest BCUT2D eigenvalue weighted by Crippen LogP contribution is -2.11. The molecule has 0 atom stereocenters. The van der Waals surface area contributed by atoms with E-state index in [1.54, 1.807) is 24.3 Å². The van der Waals surface area contributed by atoms with E-state index in [2.05, 4.69) is 0 Å². The minimum absolute atomic E-state index is 0.266. The van der Waals surface area contributed by atoms with Crippen LogP contribution in [0.25, 0.3) is 0 Å². The third kappa shape index (κ3) is 3.31. The summed E-state index contributed by atoms with van der Waals surface area (Å²) >= 11 is 0. The molecule has 0 aliphatic carbocycles. The fourth-order valence-corrected chi connectivity index (χ4v) is 4.30. The summed E-state index contributed by atoms with van der Waals surface area (Å²) in [6.07, 6.45) is 0. The van der Waals surface area contributed by atoms with Gasteiger partial charge in [-0.2, -0.15) is 0 Å². The number of ether oxygens (including phenoxy) is 1. The molecule has 5 heteroatoms. The summed E-state index contributed by atoms with van der Waals surface area (Å²) in [6, 6.07) is 10.2. The molecule has 0 saturated carbocycles. The van der Waals surface area contributed by atoms with Crippen LogP contribution in [0.1, 0.15) is 16.7 Å². The third-order valence-electron chi connectivity index (χ3n) is 3.39. The lowest BCUT2D eigenvalue weighted by atomic mass is 10.1. The summed E-state index contributed by atoms with van der Waals surface area (Å²) in [4.78, 5) is 0.649. The van der Waals surface area contributed by atoms with Crippen LogP contribution in [0.5, 0.6) is 5.75 Å². The highest BCUT2D eigenvalue weighted by Gasteiger charge is 2.22. The summed E-state index contributed by atoms with van der Waals surface area (Å²) in [7, 11) is -3.53. The Morgan fingerprint density at radius 3 is 2.05 bits per heavy atom. The van der Waals surface area contributed by atoms with Crippen molar-refractivity contribution in [3.8, 4) is 5.75 Å². The zero-order chi connectivity index (χ0) is 16.3. The Hall–Kier alpha value is -1.85. The van der Waals surface area contributed by atoms with Crippen LogP contribution in [0, 0.1) is 20.8 Å². The van der Waals surface area contributed by atoms with Gasteiger partial charge in [0.1, 0.15) is 12.4 Å². The number of benzene rings is 2. The first kappa shape index (κ1) is 16.5. The van der Waals surface area contributed by atoms with Gasteiger partial charge in [-0.05, 0) is 56.2 Å². The van der Waals surface area contributed by atoms with Crippen molar-refractivity contribution in [3.05, 3.63) is 53.1 Å². The van der Waals surface area contributed by atoms with E-state index in [1.807, 2.05) is 32.9 Å². The lowest BCUT2D eigenvalue weighted by Gasteiger charge is -2.13. The van der Waals surface area contributed by atoms with Gasteiger partial charge in [0.15, 0.2) is 0 Å². The summed E-state index contributed by atoms with van der Waals surface area (Å²) in [5.74, 6) is 0.613. The van der Waals surface area contributed by atoms with Crippen molar-refractivity contribution in [2.24, 2.45) is 5.73 Å². The van der Waals surface area contributed by atoms with E-state index in [-0.39, 0.29) is 4.90 Å². The van der Waals surface area contributed by atoms with Crippen LogP contribution in [0.3, 0.4) is 0 Å². The molecule has 0 heterocycles. The molecule has 2 N–H and O–H groups in total. The van der Waals surface area contributed by atoms with Gasteiger partial charge in [0.25, 0.3) is 0 Å². The normalized spacial score (nSPS) is 11.5. The highest BCUT2D eigenvalue weighted by Crippen LogP contribution is 2.29. The SMILES string of the molecule is Cc1cc(C)c(S(=O)(=O)c2ccc(OCCN)cc2)c(C)c1. The van der Waals surface area contributed by atoms with Gasteiger partial charge in [0.05, 0.1) is 9.79 Å². The summed E-state index contributed by atoms with van der Waals surface area (Å²) < 4.78 is 31.1. The third-order valence-corrected chi connectivity index (χ3v) is 5.47. The second-order valence-electron chi connectivity index (χ2n) is 5.34. The Morgan fingerprint density at radius 1 is 1.00 bits per heavy atom. The van der Waals surface area contributed by atoms with E-state index in [4.69, 9.17) is 10.5 Å². The molecule has 2 aromatic carbocycles. The second kappa shape index (κ2) is 6.50. The molecule has 0 fully saturated rings. The molecule has 0 bridgehead atoms. The van der Waals surface area contributed by atoms with E-state index in [1.165, 1.54) is 0 Å². The Labute approximate surface area is 131 Å². The largest absolute Gasteiger partial charge is 0.492 e. The second-order valence-corrected chi connectivity index (χ2v) is 7.23. The van der Waals surface area contributed by atoms with Crippen LogP contribution < -0.4 is 10.5 Å². The number of hydrogen-bond donors (Lipinski definition) is 1. The number of rotatable bonds is 5. The number of hydrogen-bond acceptors (Lipinski definition) is 4. The first-order valence-electron chi connectivity index (χ1n) is 7.12. The number of nitrogens with two attached hydrogens (primary N) is 1. The average molecular weight is 319 g/mol. The molecule has 2 aromatic rings. The Kier molecular flexibility index (Phi) is 4.88. The van der Waals surface area contributed by atoms with Crippen molar-refractivity contribution in [3.63, 3.8) is 0 Å². The van der Waals surface area contributed by atoms with Crippen molar-refractivity contribution in [2.75, 3.05) is 13.2 Å². The van der Waals surface area contributed by atoms with Crippen LogP contribution in [-0.4, -0.2) is 21.6 Å². The molecule has 0 unspecified atom stereocenters. The van der Waals surface area contributed by atoms with Gasteiger partial charge in [0.2, 0.25) is 9.84 Å². The Bertz CT molecular complexity index is 742. The van der Waals surface area contributed by atoms with E-state index < -0.39 is 9.84 Å². The van der Waals surface area contributed by atoms with E-state index in [9.17, 15) is 8.42 Å². The van der Waals surface area contributed by atoms with Gasteiger partial charge >= 0.3 is 0 Å². The zero-order valence-electron chi connectivity index (χ0n) is 13.1. The van der Waals surface area contributed by atoms with Crippen LogP contribution in [0.2, 0.25) is 0 Å². The van der Waals surface area contributed by atoms with Gasteiger partial charge in [-0.3, -0.25) is 0 Å². The smallest absolute Gasteiger partial charge is 0.207 e. The molecule has 118 valence electrons. The zero-order valence-corrected chi connectivity index (χ0v) is 13.9. The van der Waals surface area contributed by atoms with E-state index in [0.717, 1.165) is 16.7 Å². The topological polar surface area (TPSA) is 69.4 Å². The summed E-state index contributed by atoms with van der Waals surface area (Å²) in [6.45, 7) is 6.43. The molecule has 0 aromatic heterocycles. The molecule has 22 heavy (non-hydrogen) atoms. The highest BCUT2D eigenvalue weighted by atomic mass is 32.2. The molecular weight excluding hydrogens is 298 g/mol. The van der Waals surface area contributed by atoms with Crippen molar-refractivity contribution < 1.29 is 13.2 Å². The van der Waals surface area contributed by atoms with Gasteiger partial charge in [0, 0.05) is 6.54 Å². The van der Waals surface area contributed by atoms with Crippen LogP contribution in [-0.2, 0) is 9.84 Å². The van der Waals surface area contributed by atoms with Crippen LogP contribution in [0.4, 0.5) is 0 Å². The number of sulfone groups is 1. The monoisotopic (exact) mass is 319 g/mol. The predicted octanol–water partition coefficient (Wildman–Crippen LogP) is 2.78. The van der Waals surface area contributed by atoms with Gasteiger partial charge in [-0.25, -0.2) is 8.42 Å². The van der Waals surface area contributed by atoms with Crippen molar-refractivity contribution >= 4 is 9.84 Å². The molecule has 0 saturated heterocycles. The Morgan fingerprint density at radius 2 is 1.55 bits per heavy atom. The fourth-order valence-electron chi connectivity index (χ4n) is 2.60. The van der Waals surface area contributed by atoms with Crippen molar-refractivity contribution in [1.29, 1.82) is 0 Å². The first-order valence-corrected chi connectivity index (χ1v) is 8.60. The van der Waals surface area contributed by atoms with Gasteiger partial charge in [-0.15, -0.1) is 0 Å². The van der Waals surface area contributed by atoms with Crippen LogP contribution >= 0.6 is 0 Å². The quantitative estimate of drug-likeness (QED) is 0.920. The number of aryl methyl sites for hydroxylation is 3. The molecule has 0 radical (unpaired) electrons. The molecule has 0 aliphatic heterocycles. The standard InChI is InChI=1S/C17H21NO3S/c1-12-10-13(2)17(14(3)11-12)22(19,20)16-6-4-15(5-7-16)21-9-8-18/h4-7,10-11H,8-9,18H2,1-3H3. The molecule has 0 amide bonds. The lowest BCUT2D eigenvalue weighted by molar-refractivity contribution is 0.328. The maximum atomic E-state index is 12.9. The first-order chi connectivity index (χ1) is 10.4. The predicted molar refractivity (Wildman–Crippen MR) is 87.1 cm³/mol. The Balaban J connectivity index is 2.43. The van der Waals surface area contributed by atoms with E-state index in [0.29, 0.717) is 23.8 Å². The maximum absolute atomic E-state index is 12.9. The summed E-state index contributed by atoms with van der Waals surface area (Å²) in [5.41, 5.74) is 7.96. The molecule has 0 aliphatic rings. The maximum Gasteiger partial charge on any atom is 0.207 e. The summed E-state index contributed by atoms with van der Waals surface area (Å²) in [5, 5.41) is 0. The minimum atomic E-state index is -3.53. The van der Waals surface area contributed by atoms with Gasteiger partial charge in [-0.1, -0.05) is 17.7 Å². The highest BCUT2D eigenvalue weighted by molar-refractivity contribution is 7.91. The van der Waals surface area contributed by atoms with Crippen LogP contribution in [0.15, 0.2) is 46.2 Å². The average Bonchev–Trinajstić information content (AvgIpc) is 2.44. The molecule has 4 nitrogen and oxygen atoms in total. The molecular formula is C17H21NO3S.